The number of methoxy groups -OCH3 is 3. The van der Waals surface area contributed by atoms with Gasteiger partial charge in [0.1, 0.15) is 11.5 Å². The van der Waals surface area contributed by atoms with E-state index in [0.717, 1.165) is 5.56 Å². The van der Waals surface area contributed by atoms with Crippen molar-refractivity contribution in [1.29, 1.82) is 0 Å². The zero-order chi connectivity index (χ0) is 21.2. The number of hydrazine groups is 1. The zero-order valence-corrected chi connectivity index (χ0v) is 16.8. The fraction of sp³-hybridized carbons (Fsp3) is 0.238. The van der Waals surface area contributed by atoms with Gasteiger partial charge >= 0.3 is 0 Å². The van der Waals surface area contributed by atoms with E-state index in [4.69, 9.17) is 18.9 Å². The number of ether oxygens (including phenoxy) is 4. The largest absolute Gasteiger partial charge is 0.497 e. The van der Waals surface area contributed by atoms with Gasteiger partial charge < -0.3 is 18.9 Å². The van der Waals surface area contributed by atoms with Crippen LogP contribution in [0.3, 0.4) is 0 Å². The first kappa shape index (κ1) is 21.6. The molecule has 2 aromatic carbocycles. The number of amides is 2. The Labute approximate surface area is 169 Å². The Morgan fingerprint density at radius 2 is 1.59 bits per heavy atom. The van der Waals surface area contributed by atoms with Crippen molar-refractivity contribution in [3.8, 4) is 23.0 Å². The van der Waals surface area contributed by atoms with Gasteiger partial charge in [-0.25, -0.2) is 0 Å². The maximum atomic E-state index is 12.3. The lowest BCUT2D eigenvalue weighted by molar-refractivity contribution is -0.123. The molecule has 0 saturated carbocycles. The van der Waals surface area contributed by atoms with Crippen LogP contribution >= 0.6 is 0 Å². The number of carbonyl (C=O) groups is 2. The molecule has 2 aromatic rings. The van der Waals surface area contributed by atoms with Crippen molar-refractivity contribution in [3.05, 3.63) is 53.6 Å². The predicted octanol–water partition coefficient (Wildman–Crippen LogP) is 2.59. The van der Waals surface area contributed by atoms with Gasteiger partial charge in [-0.2, -0.15) is 0 Å². The van der Waals surface area contributed by atoms with Crippen LogP contribution in [0.4, 0.5) is 0 Å². The van der Waals surface area contributed by atoms with E-state index in [1.807, 2.05) is 25.1 Å². The number of hydrogen-bond acceptors (Lipinski definition) is 6. The van der Waals surface area contributed by atoms with Crippen molar-refractivity contribution in [2.75, 3.05) is 27.9 Å². The van der Waals surface area contributed by atoms with Crippen molar-refractivity contribution in [2.45, 2.75) is 6.92 Å². The maximum absolute atomic E-state index is 12.3. The normalized spacial score (nSPS) is 10.3. The third-order valence-corrected chi connectivity index (χ3v) is 3.83. The molecule has 0 radical (unpaired) electrons. The smallest absolute Gasteiger partial charge is 0.276 e. The minimum absolute atomic E-state index is 0.267. The molecule has 0 heterocycles. The number of hydrogen-bond donors (Lipinski definition) is 2. The molecule has 0 unspecified atom stereocenters. The Bertz CT molecular complexity index is 872. The van der Waals surface area contributed by atoms with E-state index >= 15 is 0 Å². The van der Waals surface area contributed by atoms with E-state index in [2.05, 4.69) is 10.9 Å². The van der Waals surface area contributed by atoms with Gasteiger partial charge in [0.2, 0.25) is 0 Å². The van der Waals surface area contributed by atoms with Crippen LogP contribution in [0.5, 0.6) is 23.0 Å². The van der Waals surface area contributed by atoms with E-state index in [9.17, 15) is 9.59 Å². The fourth-order valence-electron chi connectivity index (χ4n) is 2.42. The third kappa shape index (κ3) is 6.17. The molecule has 0 spiro atoms. The summed E-state index contributed by atoms with van der Waals surface area (Å²) in [7, 11) is 4.48. The maximum Gasteiger partial charge on any atom is 0.276 e. The molecule has 2 rings (SSSR count). The summed E-state index contributed by atoms with van der Waals surface area (Å²) in [5, 5.41) is 0. The summed E-state index contributed by atoms with van der Waals surface area (Å²) in [5.74, 6) is 0.771. The van der Waals surface area contributed by atoms with Crippen LogP contribution in [-0.2, 0) is 4.79 Å². The van der Waals surface area contributed by atoms with Gasteiger partial charge in [-0.3, -0.25) is 20.4 Å². The van der Waals surface area contributed by atoms with Gasteiger partial charge in [-0.15, -0.1) is 0 Å². The van der Waals surface area contributed by atoms with Crippen molar-refractivity contribution in [2.24, 2.45) is 0 Å². The number of rotatable bonds is 8. The summed E-state index contributed by atoms with van der Waals surface area (Å²) in [6.07, 6.45) is 3.82. The Balaban J connectivity index is 1.93. The van der Waals surface area contributed by atoms with Crippen LogP contribution in [0.15, 0.2) is 42.5 Å². The molecular weight excluding hydrogens is 376 g/mol. The highest BCUT2D eigenvalue weighted by Gasteiger charge is 2.12. The van der Waals surface area contributed by atoms with Crippen LogP contribution in [0, 0.1) is 0 Å². The highest BCUT2D eigenvalue weighted by Crippen LogP contribution is 2.28. The third-order valence-electron chi connectivity index (χ3n) is 3.83. The lowest BCUT2D eigenvalue weighted by Crippen LogP contribution is -2.43. The summed E-state index contributed by atoms with van der Waals surface area (Å²) in [6, 6.07) is 10.0. The van der Waals surface area contributed by atoms with Gasteiger partial charge in [-0.05, 0) is 36.8 Å². The molecule has 0 aliphatic heterocycles. The molecule has 8 nitrogen and oxygen atoms in total. The minimum Gasteiger partial charge on any atom is -0.497 e. The quantitative estimate of drug-likeness (QED) is 0.662. The van der Waals surface area contributed by atoms with E-state index in [1.54, 1.807) is 18.2 Å². The first-order chi connectivity index (χ1) is 14.0. The number of carbonyl (C=O) groups excluding carboxylic acids is 2. The van der Waals surface area contributed by atoms with E-state index in [-0.39, 0.29) is 12.2 Å². The first-order valence-corrected chi connectivity index (χ1v) is 8.76. The van der Waals surface area contributed by atoms with Crippen LogP contribution in [0.25, 0.3) is 6.08 Å². The molecular formula is C21H24N2O6. The molecule has 0 aliphatic carbocycles. The van der Waals surface area contributed by atoms with Crippen LogP contribution in [0.1, 0.15) is 22.8 Å². The summed E-state index contributed by atoms with van der Waals surface area (Å²) in [6.45, 7) is 1.61. The number of nitrogens with one attached hydrogen (secondary N) is 2. The second kappa shape index (κ2) is 10.6. The molecule has 0 fully saturated rings. The summed E-state index contributed by atoms with van der Waals surface area (Å²) < 4.78 is 21.0. The second-order valence-electron chi connectivity index (χ2n) is 5.80. The Morgan fingerprint density at radius 3 is 2.17 bits per heavy atom. The molecule has 0 aromatic heterocycles. The molecule has 2 amide bonds. The van der Waals surface area contributed by atoms with Crippen LogP contribution in [0.2, 0.25) is 0 Å². The SMILES string of the molecule is C/C=C/c1ccc(OCC(=O)NNC(=O)c2cc(OC)cc(OC)c2)c(OC)c1. The molecule has 2 N–H and O–H groups in total. The molecule has 0 bridgehead atoms. The molecule has 154 valence electrons. The van der Waals surface area contributed by atoms with Crippen LogP contribution < -0.4 is 29.8 Å². The number of allylic oxidation sites excluding steroid dienone is 1. The van der Waals surface area contributed by atoms with Gasteiger partial charge in [0, 0.05) is 11.6 Å². The average molecular weight is 400 g/mol. The van der Waals surface area contributed by atoms with Crippen molar-refractivity contribution < 1.29 is 28.5 Å². The Hall–Kier alpha value is -3.68. The highest BCUT2D eigenvalue weighted by molar-refractivity contribution is 5.96. The summed E-state index contributed by atoms with van der Waals surface area (Å²) in [5.41, 5.74) is 5.83. The van der Waals surface area contributed by atoms with E-state index < -0.39 is 11.8 Å². The van der Waals surface area contributed by atoms with E-state index in [1.165, 1.54) is 33.5 Å². The lowest BCUT2D eigenvalue weighted by atomic mass is 10.2. The fourth-order valence-corrected chi connectivity index (χ4v) is 2.42. The minimum atomic E-state index is -0.534. The molecule has 0 atom stereocenters. The summed E-state index contributed by atoms with van der Waals surface area (Å²) in [4.78, 5) is 24.3. The zero-order valence-electron chi connectivity index (χ0n) is 16.8. The molecule has 8 heteroatoms. The topological polar surface area (TPSA) is 95.1 Å². The van der Waals surface area contributed by atoms with Gasteiger partial charge in [0.15, 0.2) is 18.1 Å². The Kier molecular flexibility index (Phi) is 7.90. The van der Waals surface area contributed by atoms with Crippen molar-refractivity contribution in [3.63, 3.8) is 0 Å². The van der Waals surface area contributed by atoms with Crippen molar-refractivity contribution >= 4 is 17.9 Å². The van der Waals surface area contributed by atoms with Gasteiger partial charge in [0.05, 0.1) is 21.3 Å². The first-order valence-electron chi connectivity index (χ1n) is 8.76. The van der Waals surface area contributed by atoms with Crippen molar-refractivity contribution in [1.82, 2.24) is 10.9 Å². The van der Waals surface area contributed by atoms with Gasteiger partial charge in [0.25, 0.3) is 11.8 Å². The van der Waals surface area contributed by atoms with Crippen LogP contribution in [-0.4, -0.2) is 39.8 Å². The van der Waals surface area contributed by atoms with E-state index in [0.29, 0.717) is 23.0 Å². The summed E-state index contributed by atoms with van der Waals surface area (Å²) >= 11 is 0. The second-order valence-corrected chi connectivity index (χ2v) is 5.80. The van der Waals surface area contributed by atoms with Gasteiger partial charge in [-0.1, -0.05) is 18.2 Å². The monoisotopic (exact) mass is 400 g/mol. The molecule has 0 aliphatic rings. The Morgan fingerprint density at radius 1 is 0.897 bits per heavy atom. The average Bonchev–Trinajstić information content (AvgIpc) is 2.76. The predicted molar refractivity (Wildman–Crippen MR) is 108 cm³/mol. The molecule has 29 heavy (non-hydrogen) atoms. The highest BCUT2D eigenvalue weighted by atomic mass is 16.5. The standard InChI is InChI=1S/C21H24N2O6/c1-5-6-14-7-8-18(19(9-14)28-4)29-13-20(24)22-23-21(25)15-10-16(26-2)12-17(11-15)27-3/h5-12H,13H2,1-4H3,(H,22,24)(H,23,25)/b6-5+. The lowest BCUT2D eigenvalue weighted by Gasteiger charge is -2.12. The number of benzene rings is 2. The molecule has 0 saturated heterocycles.